The van der Waals surface area contributed by atoms with Gasteiger partial charge in [0.2, 0.25) is 0 Å². The minimum atomic E-state index is -4.63. The summed E-state index contributed by atoms with van der Waals surface area (Å²) < 4.78 is 78.1. The molecule has 0 aliphatic heterocycles. The van der Waals surface area contributed by atoms with Crippen LogP contribution in [0.1, 0.15) is 58.3 Å². The summed E-state index contributed by atoms with van der Waals surface area (Å²) in [5, 5.41) is 19.6. The zero-order valence-electron chi connectivity index (χ0n) is 67.9. The second kappa shape index (κ2) is 37.3. The third-order valence-electron chi connectivity index (χ3n) is 19.2. The van der Waals surface area contributed by atoms with Crippen molar-refractivity contribution in [3.63, 3.8) is 0 Å². The van der Waals surface area contributed by atoms with Crippen LogP contribution in [-0.2, 0) is 6.18 Å². The van der Waals surface area contributed by atoms with Gasteiger partial charge in [-0.05, 0) is 153 Å². The third kappa shape index (κ3) is 19.7. The summed E-state index contributed by atoms with van der Waals surface area (Å²) in [6.45, 7) is 7.39. The maximum atomic E-state index is 13.3. The lowest BCUT2D eigenvalue weighted by Crippen LogP contribution is -2.32. The Bertz CT molecular complexity index is 6300. The number of halogens is 3. The first-order chi connectivity index (χ1) is 58.1. The number of alkyl halides is 3. The highest BCUT2D eigenvalue weighted by atomic mass is 32.1. The van der Waals surface area contributed by atoms with E-state index in [-0.39, 0.29) is 28.8 Å². The molecule has 4 heterocycles. The van der Waals surface area contributed by atoms with Gasteiger partial charge in [-0.25, -0.2) is 49.3 Å². The molecule has 618 valence electrons. The number of rotatable bonds is 20. The number of anilines is 9. The molecule has 33 heteroatoms. The molecule has 6 N–H and O–H groups in total. The van der Waals surface area contributed by atoms with Crippen molar-refractivity contribution < 1.29 is 75.1 Å². The van der Waals surface area contributed by atoms with E-state index < -0.39 is 35.7 Å². The number of amides is 9. The van der Waals surface area contributed by atoms with Gasteiger partial charge >= 0.3 is 24.3 Å². The van der Waals surface area contributed by atoms with Crippen molar-refractivity contribution >= 4 is 142 Å². The molecule has 121 heavy (non-hydrogen) atoms. The molecule has 14 aromatic rings. The lowest BCUT2D eigenvalue weighted by molar-refractivity contribution is -0.137. The number of fused-ring (bicyclic) bond motifs is 4. The van der Waals surface area contributed by atoms with Crippen molar-refractivity contribution in [1.29, 1.82) is 0 Å². The van der Waals surface area contributed by atoms with Gasteiger partial charge in [-0.1, -0.05) is 60.7 Å². The van der Waals surface area contributed by atoms with Crippen LogP contribution in [0.25, 0.3) is 54.1 Å². The average molecular weight is 1660 g/mol. The normalized spacial score (nSPS) is 10.9. The number of methoxy groups -OCH3 is 7. The molecular formula is C88H81F3N16O13S. The minimum Gasteiger partial charge on any atom is -0.497 e. The Kier molecular flexibility index (Phi) is 26.3. The number of hydrogen-bond acceptors (Lipinski definition) is 21. The molecule has 0 aliphatic rings. The predicted octanol–water partition coefficient (Wildman–Crippen LogP) is 18.2. The van der Waals surface area contributed by atoms with E-state index in [1.165, 1.54) is 94.5 Å². The number of nitrogens with one attached hydrogen (secondary N) is 6. The number of carbonyl (C=O) groups is 6. The van der Waals surface area contributed by atoms with Crippen molar-refractivity contribution in [3.05, 3.63) is 245 Å². The second-order valence-electron chi connectivity index (χ2n) is 27.0. The van der Waals surface area contributed by atoms with Crippen LogP contribution in [0.5, 0.6) is 40.2 Å². The molecule has 0 saturated carbocycles. The zero-order chi connectivity index (χ0) is 86.5. The number of aryl methyl sites for hydroxylation is 4. The van der Waals surface area contributed by atoms with E-state index in [9.17, 15) is 41.9 Å². The quantitative estimate of drug-likeness (QED) is 0.0413. The smallest absolute Gasteiger partial charge is 0.416 e. The summed E-state index contributed by atoms with van der Waals surface area (Å²) in [6, 6.07) is 49.8. The Hall–Kier alpha value is -15.3. The summed E-state index contributed by atoms with van der Waals surface area (Å²) in [4.78, 5) is 113. The molecule has 4 aromatic heterocycles. The second-order valence-corrected chi connectivity index (χ2v) is 28.2. The van der Waals surface area contributed by atoms with Gasteiger partial charge in [0.25, 0.3) is 17.7 Å². The topological polar surface area (TPSA) is 339 Å². The van der Waals surface area contributed by atoms with Crippen LogP contribution in [0, 0.1) is 27.7 Å². The SMILES string of the molecule is COc1cc(NC(=O)c2ccc(C)c(NC(=O)N(C)c3ncnc4cc(OC)c(OC)cc34)c2)cc(C(F)(F)F)c1.COc1cc2ncnc(N(C)C(=O)Nc3cc(C(=O)Nc4ccc5sc(C)nc5c4)ccc3C)c2cc1OC.COc1cc2ncnc(N(C)C(=O)Nc3cc(C(=O)Nc4cccc(-c5ccccc5)c4)ccc3C)c2cc1OC. The van der Waals surface area contributed by atoms with Crippen LogP contribution in [0.2, 0.25) is 0 Å². The van der Waals surface area contributed by atoms with Crippen LogP contribution < -0.4 is 79.8 Å². The number of carbonyl (C=O) groups excluding carboxylic acids is 6. The summed E-state index contributed by atoms with van der Waals surface area (Å²) in [5.74, 6) is 2.65. The fourth-order valence-corrected chi connectivity index (χ4v) is 13.4. The number of ether oxygens (including phenoxy) is 7. The lowest BCUT2D eigenvalue weighted by Gasteiger charge is -2.20. The van der Waals surface area contributed by atoms with Gasteiger partial charge in [-0.3, -0.25) is 29.1 Å². The van der Waals surface area contributed by atoms with Crippen LogP contribution in [-0.4, -0.2) is 142 Å². The molecule has 0 aliphatic carbocycles. The zero-order valence-corrected chi connectivity index (χ0v) is 68.7. The summed E-state index contributed by atoms with van der Waals surface area (Å²) in [6.07, 6.45) is -0.551. The molecule has 29 nitrogen and oxygen atoms in total. The molecule has 0 saturated heterocycles. The van der Waals surface area contributed by atoms with Crippen molar-refractivity contribution in [1.82, 2.24) is 34.9 Å². The number of hydrogen-bond donors (Lipinski definition) is 6. The molecule has 0 fully saturated rings. The number of urea groups is 3. The molecule has 9 amide bonds. The monoisotopic (exact) mass is 1660 g/mol. The number of benzene rings is 10. The first-order valence-corrected chi connectivity index (χ1v) is 37.7. The predicted molar refractivity (Wildman–Crippen MR) is 462 cm³/mol. The number of aromatic nitrogens is 7. The van der Waals surface area contributed by atoms with Gasteiger partial charge in [0.15, 0.2) is 34.5 Å². The van der Waals surface area contributed by atoms with Crippen LogP contribution in [0.4, 0.5) is 79.1 Å². The van der Waals surface area contributed by atoms with E-state index in [4.69, 9.17) is 33.2 Å². The van der Waals surface area contributed by atoms with E-state index in [0.29, 0.717) is 130 Å². The highest BCUT2D eigenvalue weighted by Crippen LogP contribution is 2.40. The Morgan fingerprint density at radius 1 is 0.355 bits per heavy atom. The fraction of sp³-hybridized carbons (Fsp3) is 0.170. The Labute approximate surface area is 695 Å². The fourth-order valence-electron chi connectivity index (χ4n) is 12.6. The third-order valence-corrected chi connectivity index (χ3v) is 20.1. The van der Waals surface area contributed by atoms with Crippen molar-refractivity contribution in [2.75, 3.05) is 118 Å². The highest BCUT2D eigenvalue weighted by Gasteiger charge is 2.32. The van der Waals surface area contributed by atoms with E-state index in [0.717, 1.165) is 49.6 Å². The maximum Gasteiger partial charge on any atom is 0.416 e. The molecule has 0 spiro atoms. The lowest BCUT2D eigenvalue weighted by atomic mass is 10.0. The molecular weight excluding hydrogens is 1580 g/mol. The largest absolute Gasteiger partial charge is 0.497 e. The Morgan fingerprint density at radius 3 is 1.12 bits per heavy atom. The molecule has 0 radical (unpaired) electrons. The highest BCUT2D eigenvalue weighted by molar-refractivity contribution is 7.18. The molecule has 14 rings (SSSR count). The minimum absolute atomic E-state index is 0.0664. The van der Waals surface area contributed by atoms with Gasteiger partial charge in [-0.2, -0.15) is 13.2 Å². The van der Waals surface area contributed by atoms with Gasteiger partial charge in [0.1, 0.15) is 42.2 Å². The number of nitrogens with zero attached hydrogens (tertiary/aromatic N) is 10. The maximum absolute atomic E-state index is 13.3. The standard InChI is InChI=1S/C32H29N5O4.C28H26F3N5O5.C28H26N6O4S/c1-20-13-14-23(31(38)35-24-12-8-11-22(15-24)21-9-6-5-7-10-21)16-26(20)36-32(39)37(2)30-25-17-28(40-3)29(41-4)18-27(25)33-19-34-30;1-15-6-7-16(26(37)34-18-9-17(28(29,30)31)10-19(11-18)39-3)8-21(15)35-27(38)36(2)25-20-12-23(40-4)24(41-5)13-22(20)32-14-33-25;1-15-6-7-17(27(35)32-18-8-9-25-22(11-18)31-16(2)39-25)10-20(15)33-28(36)34(3)26-19-12-23(37-4)24(38-5)13-21(19)29-14-30-26/h5-19H,1-4H3,(H,35,38)(H,36,39);6-14H,1-5H3,(H,34,37)(H,35,38);6-14H,1-5H3,(H,32,35)(H,33,36). The van der Waals surface area contributed by atoms with E-state index in [1.807, 2.05) is 93.6 Å². The van der Waals surface area contributed by atoms with Gasteiger partial charge in [0, 0.05) is 112 Å². The summed E-state index contributed by atoms with van der Waals surface area (Å²) in [5.41, 5.74) is 9.32. The number of thiazole rings is 1. The molecule has 10 aromatic carbocycles. The van der Waals surface area contributed by atoms with Crippen molar-refractivity contribution in [3.8, 4) is 51.4 Å². The van der Waals surface area contributed by atoms with Crippen LogP contribution >= 0.6 is 11.3 Å². The van der Waals surface area contributed by atoms with E-state index >= 15 is 0 Å². The Morgan fingerprint density at radius 2 is 0.736 bits per heavy atom. The van der Waals surface area contributed by atoms with Crippen molar-refractivity contribution in [2.45, 2.75) is 33.9 Å². The van der Waals surface area contributed by atoms with Crippen LogP contribution in [0.15, 0.2) is 201 Å². The first-order valence-electron chi connectivity index (χ1n) is 36.9. The summed E-state index contributed by atoms with van der Waals surface area (Å²) >= 11 is 1.60. The Balaban J connectivity index is 0.000000166. The van der Waals surface area contributed by atoms with E-state index in [2.05, 4.69) is 66.8 Å². The molecule has 0 bridgehead atoms. The van der Waals surface area contributed by atoms with Crippen LogP contribution in [0.3, 0.4) is 0 Å². The molecule has 0 atom stereocenters. The average Bonchev–Trinajstić information content (AvgIpc) is 1.35. The van der Waals surface area contributed by atoms with Gasteiger partial charge in [0.05, 0.1) is 87.1 Å². The summed E-state index contributed by atoms with van der Waals surface area (Å²) in [7, 11) is 15.1. The van der Waals surface area contributed by atoms with Crippen molar-refractivity contribution in [2.24, 2.45) is 0 Å². The van der Waals surface area contributed by atoms with Gasteiger partial charge < -0.3 is 65.1 Å². The van der Waals surface area contributed by atoms with Gasteiger partial charge in [-0.15, -0.1) is 11.3 Å². The van der Waals surface area contributed by atoms with E-state index in [1.54, 1.807) is 125 Å². The first kappa shape index (κ1) is 85.1. The molecule has 0 unspecified atom stereocenters.